The number of thiophene rings is 1. The summed E-state index contributed by atoms with van der Waals surface area (Å²) in [5.41, 5.74) is 4.13. The van der Waals surface area contributed by atoms with Crippen LogP contribution in [0.25, 0.3) is 42.0 Å². The normalized spacial score (nSPS) is 12.1. The van der Waals surface area contributed by atoms with Crippen LogP contribution >= 0.6 is 11.3 Å². The number of aryl methyl sites for hydroxylation is 2. The molecule has 0 spiro atoms. The second kappa shape index (κ2) is 5.60. The molecule has 0 fully saturated rings. The standard InChI is InChI=1S/C23H21NS/c1-3-4-7-15-10-12-19-18(14-15)22-20(24(19)2)13-11-17-16-8-5-6-9-21(16)25-23(17)22/h5-6,8-14H,3-4,7H2,1-2H3. The molecule has 2 heterocycles. The highest BCUT2D eigenvalue weighted by atomic mass is 32.1. The number of hydrogen-bond acceptors (Lipinski definition) is 1. The summed E-state index contributed by atoms with van der Waals surface area (Å²) in [5, 5.41) is 5.60. The molecule has 124 valence electrons. The molecule has 0 saturated heterocycles. The van der Waals surface area contributed by atoms with Crippen LogP contribution in [0.5, 0.6) is 0 Å². The molecule has 0 unspecified atom stereocenters. The van der Waals surface area contributed by atoms with E-state index in [0.29, 0.717) is 0 Å². The van der Waals surface area contributed by atoms with Crippen LogP contribution in [0.1, 0.15) is 25.3 Å². The van der Waals surface area contributed by atoms with Gasteiger partial charge in [-0.15, -0.1) is 11.3 Å². The van der Waals surface area contributed by atoms with Crippen LogP contribution in [0.3, 0.4) is 0 Å². The maximum Gasteiger partial charge on any atom is 0.0503 e. The van der Waals surface area contributed by atoms with Crippen LogP contribution in [0.4, 0.5) is 0 Å². The predicted octanol–water partition coefficient (Wildman–Crippen LogP) is 7.04. The van der Waals surface area contributed by atoms with Gasteiger partial charge in [-0.2, -0.15) is 0 Å². The van der Waals surface area contributed by atoms with Gasteiger partial charge in [0.25, 0.3) is 0 Å². The third kappa shape index (κ3) is 2.14. The van der Waals surface area contributed by atoms with Gasteiger partial charge in [-0.05, 0) is 42.7 Å². The monoisotopic (exact) mass is 343 g/mol. The fraction of sp³-hybridized carbons (Fsp3) is 0.217. The summed E-state index contributed by atoms with van der Waals surface area (Å²) >= 11 is 1.93. The van der Waals surface area contributed by atoms with Gasteiger partial charge in [0.2, 0.25) is 0 Å². The van der Waals surface area contributed by atoms with Gasteiger partial charge < -0.3 is 4.57 Å². The van der Waals surface area contributed by atoms with E-state index in [4.69, 9.17) is 0 Å². The van der Waals surface area contributed by atoms with Gasteiger partial charge in [0.1, 0.15) is 0 Å². The van der Waals surface area contributed by atoms with Crippen molar-refractivity contribution in [2.24, 2.45) is 7.05 Å². The van der Waals surface area contributed by atoms with Gasteiger partial charge in [-0.1, -0.05) is 43.7 Å². The predicted molar refractivity (Wildman–Crippen MR) is 112 cm³/mol. The Morgan fingerprint density at radius 2 is 1.72 bits per heavy atom. The molecule has 0 N–H and O–H groups in total. The topological polar surface area (TPSA) is 4.93 Å². The number of unbranched alkanes of at least 4 members (excludes halogenated alkanes) is 1. The summed E-state index contributed by atoms with van der Waals surface area (Å²) in [7, 11) is 2.19. The Balaban J connectivity index is 1.92. The Hall–Kier alpha value is -2.32. The first kappa shape index (κ1) is 15.0. The summed E-state index contributed by atoms with van der Waals surface area (Å²) in [5.74, 6) is 0. The van der Waals surface area contributed by atoms with Gasteiger partial charge in [0.05, 0.1) is 5.52 Å². The van der Waals surface area contributed by atoms with E-state index in [1.807, 2.05) is 11.3 Å². The fourth-order valence-electron chi connectivity index (χ4n) is 4.06. The molecule has 3 aromatic carbocycles. The minimum absolute atomic E-state index is 1.17. The maximum atomic E-state index is 2.43. The first-order chi connectivity index (χ1) is 12.3. The maximum absolute atomic E-state index is 2.43. The van der Waals surface area contributed by atoms with Gasteiger partial charge in [0, 0.05) is 43.5 Å². The van der Waals surface area contributed by atoms with Crippen LogP contribution in [0.2, 0.25) is 0 Å². The zero-order chi connectivity index (χ0) is 17.0. The average molecular weight is 343 g/mol. The third-order valence-electron chi connectivity index (χ3n) is 5.40. The molecule has 1 nitrogen and oxygen atoms in total. The number of fused-ring (bicyclic) bond motifs is 7. The number of aromatic nitrogens is 1. The highest BCUT2D eigenvalue weighted by molar-refractivity contribution is 7.26. The smallest absolute Gasteiger partial charge is 0.0503 e. The van der Waals surface area contributed by atoms with Crippen LogP contribution < -0.4 is 0 Å². The van der Waals surface area contributed by atoms with Crippen molar-refractivity contribution >= 4 is 53.3 Å². The van der Waals surface area contributed by atoms with Crippen molar-refractivity contribution in [3.63, 3.8) is 0 Å². The van der Waals surface area contributed by atoms with Crippen molar-refractivity contribution in [2.45, 2.75) is 26.2 Å². The van der Waals surface area contributed by atoms with E-state index in [0.717, 1.165) is 0 Å². The van der Waals surface area contributed by atoms with Crippen LogP contribution in [-0.4, -0.2) is 4.57 Å². The first-order valence-corrected chi connectivity index (χ1v) is 9.91. The summed E-state index contributed by atoms with van der Waals surface area (Å²) in [4.78, 5) is 0. The van der Waals surface area contributed by atoms with E-state index in [-0.39, 0.29) is 0 Å². The fourth-order valence-corrected chi connectivity index (χ4v) is 5.32. The minimum Gasteiger partial charge on any atom is -0.344 e. The zero-order valence-electron chi connectivity index (χ0n) is 14.7. The molecule has 0 atom stereocenters. The number of benzene rings is 3. The lowest BCUT2D eigenvalue weighted by atomic mass is 10.0. The quantitative estimate of drug-likeness (QED) is 0.331. The molecule has 0 aliphatic heterocycles. The molecule has 5 aromatic rings. The van der Waals surface area contributed by atoms with E-state index in [2.05, 4.69) is 73.1 Å². The van der Waals surface area contributed by atoms with Crippen LogP contribution in [0, 0.1) is 0 Å². The van der Waals surface area contributed by atoms with Gasteiger partial charge >= 0.3 is 0 Å². The van der Waals surface area contributed by atoms with Crippen molar-refractivity contribution < 1.29 is 0 Å². The molecule has 2 aromatic heterocycles. The lowest BCUT2D eigenvalue weighted by Gasteiger charge is -2.01. The van der Waals surface area contributed by atoms with Crippen molar-refractivity contribution in [2.75, 3.05) is 0 Å². The summed E-state index contributed by atoms with van der Waals surface area (Å²) in [6.07, 6.45) is 3.67. The Labute approximate surface area is 151 Å². The molecule has 5 rings (SSSR count). The van der Waals surface area contributed by atoms with Crippen molar-refractivity contribution in [3.05, 3.63) is 60.2 Å². The SMILES string of the molecule is CCCCc1ccc2c(c1)c1c3sc4ccccc4c3ccc1n2C. The highest BCUT2D eigenvalue weighted by Gasteiger charge is 2.15. The van der Waals surface area contributed by atoms with Crippen molar-refractivity contribution in [1.29, 1.82) is 0 Å². The summed E-state index contributed by atoms with van der Waals surface area (Å²) < 4.78 is 5.15. The van der Waals surface area contributed by atoms with Crippen molar-refractivity contribution in [1.82, 2.24) is 4.57 Å². The molecular formula is C23H21NS. The van der Waals surface area contributed by atoms with E-state index in [9.17, 15) is 0 Å². The minimum atomic E-state index is 1.17. The Morgan fingerprint density at radius 3 is 2.60 bits per heavy atom. The van der Waals surface area contributed by atoms with E-state index < -0.39 is 0 Å². The molecule has 2 heteroatoms. The Bertz CT molecular complexity index is 1240. The lowest BCUT2D eigenvalue weighted by Crippen LogP contribution is -1.87. The molecular weight excluding hydrogens is 322 g/mol. The van der Waals surface area contributed by atoms with E-state index in [1.54, 1.807) is 0 Å². The number of rotatable bonds is 3. The second-order valence-corrected chi connectivity index (χ2v) is 8.00. The van der Waals surface area contributed by atoms with Gasteiger partial charge in [-0.25, -0.2) is 0 Å². The van der Waals surface area contributed by atoms with Crippen LogP contribution in [-0.2, 0) is 13.5 Å². The first-order valence-electron chi connectivity index (χ1n) is 9.09. The average Bonchev–Trinajstić information content (AvgIpc) is 3.16. The largest absolute Gasteiger partial charge is 0.344 e. The van der Waals surface area contributed by atoms with E-state index >= 15 is 0 Å². The molecule has 0 amide bonds. The Kier molecular flexibility index (Phi) is 3.36. The molecule has 0 aliphatic rings. The summed E-state index contributed by atoms with van der Waals surface area (Å²) in [6, 6.07) is 20.4. The summed E-state index contributed by atoms with van der Waals surface area (Å²) in [6.45, 7) is 2.26. The van der Waals surface area contributed by atoms with Crippen molar-refractivity contribution in [3.8, 4) is 0 Å². The Morgan fingerprint density at radius 1 is 0.880 bits per heavy atom. The number of hydrogen-bond donors (Lipinski definition) is 0. The van der Waals surface area contributed by atoms with Gasteiger partial charge in [0.15, 0.2) is 0 Å². The van der Waals surface area contributed by atoms with Crippen LogP contribution in [0.15, 0.2) is 54.6 Å². The molecule has 0 saturated carbocycles. The highest BCUT2D eigenvalue weighted by Crippen LogP contribution is 2.42. The second-order valence-electron chi connectivity index (χ2n) is 6.95. The molecule has 25 heavy (non-hydrogen) atoms. The third-order valence-corrected chi connectivity index (χ3v) is 6.60. The molecule has 0 radical (unpaired) electrons. The lowest BCUT2D eigenvalue weighted by molar-refractivity contribution is 0.796. The van der Waals surface area contributed by atoms with E-state index in [1.165, 1.54) is 66.8 Å². The molecule has 0 aliphatic carbocycles. The van der Waals surface area contributed by atoms with Gasteiger partial charge in [-0.3, -0.25) is 0 Å². The zero-order valence-corrected chi connectivity index (χ0v) is 15.5. The number of nitrogens with zero attached hydrogens (tertiary/aromatic N) is 1. The molecule has 0 bridgehead atoms.